The van der Waals surface area contributed by atoms with E-state index in [9.17, 15) is 4.79 Å². The van der Waals surface area contributed by atoms with Gasteiger partial charge < -0.3 is 4.90 Å². The van der Waals surface area contributed by atoms with E-state index in [1.165, 1.54) is 0 Å². The van der Waals surface area contributed by atoms with E-state index in [1.54, 1.807) is 15.9 Å². The van der Waals surface area contributed by atoms with Crippen LogP contribution in [0.25, 0.3) is 5.69 Å². The molecule has 1 aromatic carbocycles. The lowest BCUT2D eigenvalue weighted by Crippen LogP contribution is -2.38. The van der Waals surface area contributed by atoms with Crippen LogP contribution in [0.5, 0.6) is 0 Å². The SMILES string of the molecule is CC(NC1CCN(C)C1=O)c1cccc(-n2cnnn2)c1. The molecule has 1 amide bonds. The third-order valence-corrected chi connectivity index (χ3v) is 3.86. The summed E-state index contributed by atoms with van der Waals surface area (Å²) in [7, 11) is 1.84. The number of carbonyl (C=O) groups is 1. The first-order valence-electron chi connectivity index (χ1n) is 6.99. The molecule has 1 saturated heterocycles. The van der Waals surface area contributed by atoms with Crippen molar-refractivity contribution in [3.63, 3.8) is 0 Å². The summed E-state index contributed by atoms with van der Waals surface area (Å²) in [6.45, 7) is 2.87. The van der Waals surface area contributed by atoms with Crippen molar-refractivity contribution in [3.05, 3.63) is 36.2 Å². The summed E-state index contributed by atoms with van der Waals surface area (Å²) < 4.78 is 1.62. The van der Waals surface area contributed by atoms with E-state index in [1.807, 2.05) is 31.3 Å². The maximum absolute atomic E-state index is 12.0. The Morgan fingerprint density at radius 1 is 1.43 bits per heavy atom. The number of rotatable bonds is 4. The van der Waals surface area contributed by atoms with Crippen LogP contribution in [0.1, 0.15) is 24.9 Å². The van der Waals surface area contributed by atoms with Gasteiger partial charge in [0.15, 0.2) is 0 Å². The predicted octanol–water partition coefficient (Wildman–Crippen LogP) is 0.544. The van der Waals surface area contributed by atoms with Crippen LogP contribution in [-0.2, 0) is 4.79 Å². The van der Waals surface area contributed by atoms with E-state index in [4.69, 9.17) is 0 Å². The Kier molecular flexibility index (Phi) is 3.66. The van der Waals surface area contributed by atoms with Gasteiger partial charge in [-0.25, -0.2) is 4.68 Å². The van der Waals surface area contributed by atoms with E-state index in [0.717, 1.165) is 24.2 Å². The lowest BCUT2D eigenvalue weighted by atomic mass is 10.1. The molecule has 1 aliphatic heterocycles. The van der Waals surface area contributed by atoms with Crippen LogP contribution in [0.15, 0.2) is 30.6 Å². The van der Waals surface area contributed by atoms with Gasteiger partial charge in [0.05, 0.1) is 11.7 Å². The highest BCUT2D eigenvalue weighted by Crippen LogP contribution is 2.19. The van der Waals surface area contributed by atoms with Crippen molar-refractivity contribution < 1.29 is 4.79 Å². The maximum Gasteiger partial charge on any atom is 0.239 e. The summed E-state index contributed by atoms with van der Waals surface area (Å²) in [5, 5.41) is 14.6. The summed E-state index contributed by atoms with van der Waals surface area (Å²) in [6, 6.07) is 7.96. The normalized spacial score (nSPS) is 20.0. The minimum atomic E-state index is -0.0957. The Bertz CT molecular complexity index is 626. The first-order chi connectivity index (χ1) is 10.1. The molecule has 2 atom stereocenters. The number of nitrogens with one attached hydrogen (secondary N) is 1. The van der Waals surface area contributed by atoms with Gasteiger partial charge in [-0.15, -0.1) is 5.10 Å². The standard InChI is InChI=1S/C14H18N6O/c1-10(16-13-6-7-19(2)14(13)21)11-4-3-5-12(8-11)20-9-15-17-18-20/h3-5,8-10,13,16H,6-7H2,1-2H3. The number of likely N-dealkylation sites (tertiary alicyclic amines) is 1. The smallest absolute Gasteiger partial charge is 0.239 e. The van der Waals surface area contributed by atoms with Gasteiger partial charge in [-0.3, -0.25) is 10.1 Å². The zero-order chi connectivity index (χ0) is 14.8. The van der Waals surface area contributed by atoms with Gasteiger partial charge in [0.1, 0.15) is 6.33 Å². The number of hydrogen-bond donors (Lipinski definition) is 1. The monoisotopic (exact) mass is 286 g/mol. The third kappa shape index (κ3) is 2.78. The zero-order valence-electron chi connectivity index (χ0n) is 12.1. The van der Waals surface area contributed by atoms with Gasteiger partial charge in [0.2, 0.25) is 5.91 Å². The molecule has 21 heavy (non-hydrogen) atoms. The number of amides is 1. The molecule has 0 bridgehead atoms. The van der Waals surface area contributed by atoms with Crippen molar-refractivity contribution in [2.24, 2.45) is 0 Å². The fourth-order valence-corrected chi connectivity index (χ4v) is 2.59. The lowest BCUT2D eigenvalue weighted by molar-refractivity contribution is -0.128. The second-order valence-corrected chi connectivity index (χ2v) is 5.34. The molecule has 1 aromatic heterocycles. The molecule has 110 valence electrons. The van der Waals surface area contributed by atoms with E-state index in [2.05, 4.69) is 27.8 Å². The number of benzene rings is 1. The lowest BCUT2D eigenvalue weighted by Gasteiger charge is -2.19. The van der Waals surface area contributed by atoms with Crippen molar-refractivity contribution in [3.8, 4) is 5.69 Å². The Hall–Kier alpha value is -2.28. The Morgan fingerprint density at radius 2 is 2.29 bits per heavy atom. The molecule has 0 aliphatic carbocycles. The van der Waals surface area contributed by atoms with Crippen LogP contribution in [0.2, 0.25) is 0 Å². The number of tetrazole rings is 1. The summed E-state index contributed by atoms with van der Waals surface area (Å²) in [5.74, 6) is 0.165. The van der Waals surface area contributed by atoms with Gasteiger partial charge in [0.25, 0.3) is 0 Å². The fourth-order valence-electron chi connectivity index (χ4n) is 2.59. The fraction of sp³-hybridized carbons (Fsp3) is 0.429. The molecule has 2 heterocycles. The largest absolute Gasteiger partial charge is 0.344 e. The Morgan fingerprint density at radius 3 is 2.95 bits per heavy atom. The topological polar surface area (TPSA) is 75.9 Å². The Balaban J connectivity index is 1.74. The number of likely N-dealkylation sites (N-methyl/N-ethyl adjacent to an activating group) is 1. The van der Waals surface area contributed by atoms with Crippen LogP contribution in [0.3, 0.4) is 0 Å². The third-order valence-electron chi connectivity index (χ3n) is 3.86. The molecule has 0 spiro atoms. The minimum absolute atomic E-state index is 0.0851. The summed E-state index contributed by atoms with van der Waals surface area (Å²) in [4.78, 5) is 13.7. The molecule has 1 aliphatic rings. The molecular weight excluding hydrogens is 268 g/mol. The molecule has 1 N–H and O–H groups in total. The van der Waals surface area contributed by atoms with Crippen molar-refractivity contribution >= 4 is 5.91 Å². The van der Waals surface area contributed by atoms with Crippen molar-refractivity contribution in [2.75, 3.05) is 13.6 Å². The van der Waals surface area contributed by atoms with Gasteiger partial charge in [-0.05, 0) is 41.5 Å². The quantitative estimate of drug-likeness (QED) is 0.888. The first kappa shape index (κ1) is 13.7. The minimum Gasteiger partial charge on any atom is -0.344 e. The van der Waals surface area contributed by atoms with Gasteiger partial charge in [-0.1, -0.05) is 12.1 Å². The number of carbonyl (C=O) groups excluding carboxylic acids is 1. The van der Waals surface area contributed by atoms with E-state index < -0.39 is 0 Å². The number of aromatic nitrogens is 4. The van der Waals surface area contributed by atoms with Gasteiger partial charge >= 0.3 is 0 Å². The van der Waals surface area contributed by atoms with Crippen LogP contribution >= 0.6 is 0 Å². The first-order valence-corrected chi connectivity index (χ1v) is 6.99. The number of hydrogen-bond acceptors (Lipinski definition) is 5. The van der Waals surface area contributed by atoms with Crippen LogP contribution in [-0.4, -0.2) is 50.6 Å². The van der Waals surface area contributed by atoms with Gasteiger partial charge in [-0.2, -0.15) is 0 Å². The average molecular weight is 286 g/mol. The molecule has 2 unspecified atom stereocenters. The van der Waals surface area contributed by atoms with Crippen LogP contribution < -0.4 is 5.32 Å². The zero-order valence-corrected chi connectivity index (χ0v) is 12.1. The molecule has 0 saturated carbocycles. The Labute approximate surface area is 122 Å². The summed E-state index contributed by atoms with van der Waals surface area (Å²) in [5.41, 5.74) is 2.01. The maximum atomic E-state index is 12.0. The van der Waals surface area contributed by atoms with Gasteiger partial charge in [0, 0.05) is 19.6 Å². The highest BCUT2D eigenvalue weighted by atomic mass is 16.2. The van der Waals surface area contributed by atoms with E-state index in [-0.39, 0.29) is 18.0 Å². The second-order valence-electron chi connectivity index (χ2n) is 5.34. The van der Waals surface area contributed by atoms with Crippen LogP contribution in [0, 0.1) is 0 Å². The molecule has 2 aromatic rings. The molecule has 7 nitrogen and oxygen atoms in total. The molecular formula is C14H18N6O. The molecule has 7 heteroatoms. The predicted molar refractivity (Wildman–Crippen MR) is 76.7 cm³/mol. The molecule has 1 fully saturated rings. The number of nitrogens with zero attached hydrogens (tertiary/aromatic N) is 5. The highest BCUT2D eigenvalue weighted by molar-refractivity contribution is 5.83. The molecule has 3 rings (SSSR count). The molecule has 0 radical (unpaired) electrons. The van der Waals surface area contributed by atoms with E-state index in [0.29, 0.717) is 0 Å². The highest BCUT2D eigenvalue weighted by Gasteiger charge is 2.29. The van der Waals surface area contributed by atoms with Crippen molar-refractivity contribution in [1.29, 1.82) is 0 Å². The van der Waals surface area contributed by atoms with Crippen LogP contribution in [0.4, 0.5) is 0 Å². The van der Waals surface area contributed by atoms with Crippen molar-refractivity contribution in [1.82, 2.24) is 30.4 Å². The van der Waals surface area contributed by atoms with Crippen molar-refractivity contribution in [2.45, 2.75) is 25.4 Å². The second kappa shape index (κ2) is 5.61. The summed E-state index contributed by atoms with van der Waals surface area (Å²) in [6.07, 6.45) is 2.42. The van der Waals surface area contributed by atoms with E-state index >= 15 is 0 Å². The average Bonchev–Trinajstić information content (AvgIpc) is 3.13. The summed E-state index contributed by atoms with van der Waals surface area (Å²) >= 11 is 0.